The Bertz CT molecular complexity index is 690. The summed E-state index contributed by atoms with van der Waals surface area (Å²) < 4.78 is 0. The van der Waals surface area contributed by atoms with Crippen molar-refractivity contribution in [1.82, 2.24) is 20.0 Å². The molecule has 2 unspecified atom stereocenters. The van der Waals surface area contributed by atoms with E-state index in [1.165, 1.54) is 18.4 Å². The number of carbonyl (C=O) groups is 1. The van der Waals surface area contributed by atoms with E-state index in [1.54, 1.807) is 6.92 Å². The fourth-order valence-corrected chi connectivity index (χ4v) is 4.79. The number of halogens is 1. The van der Waals surface area contributed by atoms with Crippen LogP contribution in [0.25, 0.3) is 0 Å². The maximum atomic E-state index is 11.5. The van der Waals surface area contributed by atoms with Gasteiger partial charge in [-0.15, -0.1) is 24.0 Å². The van der Waals surface area contributed by atoms with E-state index >= 15 is 0 Å². The molecule has 0 aromatic heterocycles. The van der Waals surface area contributed by atoms with Gasteiger partial charge in [0, 0.05) is 59.3 Å². The van der Waals surface area contributed by atoms with Gasteiger partial charge in [-0.25, -0.2) is 0 Å². The number of amides is 1. The van der Waals surface area contributed by atoms with Gasteiger partial charge in [0.15, 0.2) is 5.96 Å². The number of hydrogen-bond donors (Lipinski definition) is 1. The van der Waals surface area contributed by atoms with Gasteiger partial charge in [-0.1, -0.05) is 43.7 Å². The minimum Gasteiger partial charge on any atom is -0.357 e. The number of aliphatic imine (C=N–C) groups is 1. The Morgan fingerprint density at radius 2 is 1.77 bits per heavy atom. The summed E-state index contributed by atoms with van der Waals surface area (Å²) in [7, 11) is 0. The van der Waals surface area contributed by atoms with Gasteiger partial charge >= 0.3 is 0 Å². The average Bonchev–Trinajstić information content (AvgIpc) is 2.79. The number of piperidine rings is 1. The average molecular weight is 542 g/mol. The first-order valence-electron chi connectivity index (χ1n) is 11.7. The van der Waals surface area contributed by atoms with Gasteiger partial charge in [-0.05, 0) is 30.7 Å². The first-order chi connectivity index (χ1) is 14.6. The summed E-state index contributed by atoms with van der Waals surface area (Å²) in [5.41, 5.74) is 1.48. The van der Waals surface area contributed by atoms with E-state index in [2.05, 4.69) is 59.3 Å². The van der Waals surface area contributed by atoms with Crippen LogP contribution in [-0.2, 0) is 4.79 Å². The summed E-state index contributed by atoms with van der Waals surface area (Å²) in [5.74, 6) is 2.55. The van der Waals surface area contributed by atoms with Gasteiger partial charge in [0.2, 0.25) is 5.91 Å². The lowest BCUT2D eigenvalue weighted by Gasteiger charge is -2.40. The maximum absolute atomic E-state index is 11.5. The highest BCUT2D eigenvalue weighted by molar-refractivity contribution is 14.0. The molecule has 2 aliphatic heterocycles. The lowest BCUT2D eigenvalue weighted by molar-refractivity contribution is -0.130. The van der Waals surface area contributed by atoms with Crippen LogP contribution in [0.5, 0.6) is 0 Å². The topological polar surface area (TPSA) is 51.2 Å². The largest absolute Gasteiger partial charge is 0.357 e. The molecule has 2 atom stereocenters. The quantitative estimate of drug-likeness (QED) is 0.342. The number of nitrogens with zero attached hydrogens (tertiary/aromatic N) is 4. The second kappa shape index (κ2) is 13.3. The van der Waals surface area contributed by atoms with E-state index in [9.17, 15) is 4.79 Å². The second-order valence-corrected chi connectivity index (χ2v) is 8.50. The minimum atomic E-state index is 0. The monoisotopic (exact) mass is 541 g/mol. The molecule has 6 nitrogen and oxygen atoms in total. The van der Waals surface area contributed by atoms with E-state index in [4.69, 9.17) is 4.99 Å². The Morgan fingerprint density at radius 1 is 1.06 bits per heavy atom. The van der Waals surface area contributed by atoms with Crippen molar-refractivity contribution in [3.63, 3.8) is 0 Å². The summed E-state index contributed by atoms with van der Waals surface area (Å²) >= 11 is 0. The highest BCUT2D eigenvalue weighted by Gasteiger charge is 2.30. The number of rotatable bonds is 6. The predicted octanol–water partition coefficient (Wildman–Crippen LogP) is 3.25. The third-order valence-corrected chi connectivity index (χ3v) is 6.62. The Morgan fingerprint density at radius 3 is 2.39 bits per heavy atom. The number of hydrogen-bond acceptors (Lipinski definition) is 3. The lowest BCUT2D eigenvalue weighted by atomic mass is 9.79. The fraction of sp³-hybridized carbons (Fsp3) is 0.667. The molecule has 2 fully saturated rings. The normalized spacial score (nSPS) is 22.7. The van der Waals surface area contributed by atoms with Gasteiger partial charge in [-0.2, -0.15) is 0 Å². The molecule has 0 radical (unpaired) electrons. The van der Waals surface area contributed by atoms with Crippen molar-refractivity contribution in [3.8, 4) is 0 Å². The molecule has 2 saturated heterocycles. The zero-order valence-corrected chi connectivity index (χ0v) is 21.8. The van der Waals surface area contributed by atoms with Crippen molar-refractivity contribution in [3.05, 3.63) is 35.9 Å². The van der Waals surface area contributed by atoms with Gasteiger partial charge < -0.3 is 15.1 Å². The van der Waals surface area contributed by atoms with E-state index < -0.39 is 0 Å². The van der Waals surface area contributed by atoms with Crippen molar-refractivity contribution in [2.24, 2.45) is 10.9 Å². The standard InChI is InChI=1S/C24H39N5O.HI/c1-4-21-19-29(13-11-23(21)22-9-7-6-8-10-22)24(25-5-2)26-12-14-27-15-17-28(18-16-27)20(3)30;/h6-10,21,23H,4-5,11-19H2,1-3H3,(H,25,26);1H. The highest BCUT2D eigenvalue weighted by atomic mass is 127. The summed E-state index contributed by atoms with van der Waals surface area (Å²) in [6.45, 7) is 14.5. The zero-order chi connectivity index (χ0) is 21.3. The molecular weight excluding hydrogens is 501 g/mol. The third kappa shape index (κ3) is 7.34. The fourth-order valence-electron chi connectivity index (χ4n) is 4.79. The van der Waals surface area contributed by atoms with Crippen LogP contribution >= 0.6 is 24.0 Å². The van der Waals surface area contributed by atoms with Gasteiger partial charge in [-0.3, -0.25) is 14.7 Å². The van der Waals surface area contributed by atoms with Crippen molar-refractivity contribution in [1.29, 1.82) is 0 Å². The molecule has 2 heterocycles. The second-order valence-electron chi connectivity index (χ2n) is 8.50. The molecule has 7 heteroatoms. The van der Waals surface area contributed by atoms with Gasteiger partial charge in [0.25, 0.3) is 0 Å². The lowest BCUT2D eigenvalue weighted by Crippen LogP contribution is -2.49. The molecule has 31 heavy (non-hydrogen) atoms. The zero-order valence-electron chi connectivity index (χ0n) is 19.4. The minimum absolute atomic E-state index is 0. The van der Waals surface area contributed by atoms with Crippen molar-refractivity contribution < 1.29 is 4.79 Å². The summed E-state index contributed by atoms with van der Waals surface area (Å²) in [5, 5.41) is 3.52. The van der Waals surface area contributed by atoms with Gasteiger partial charge in [0.1, 0.15) is 0 Å². The number of benzene rings is 1. The first-order valence-corrected chi connectivity index (χ1v) is 11.7. The van der Waals surface area contributed by atoms with Crippen LogP contribution in [0.1, 0.15) is 45.1 Å². The van der Waals surface area contributed by atoms with Crippen LogP contribution in [-0.4, -0.2) is 85.5 Å². The highest BCUT2D eigenvalue weighted by Crippen LogP contribution is 2.34. The summed E-state index contributed by atoms with van der Waals surface area (Å²) in [4.78, 5) is 23.3. The Balaban J connectivity index is 0.00000341. The number of carbonyl (C=O) groups excluding carboxylic acids is 1. The molecule has 0 saturated carbocycles. The van der Waals surface area contributed by atoms with E-state index in [-0.39, 0.29) is 29.9 Å². The summed E-state index contributed by atoms with van der Waals surface area (Å²) in [6, 6.07) is 11.0. The Kier molecular flexibility index (Phi) is 11.1. The molecule has 1 aromatic carbocycles. The van der Waals surface area contributed by atoms with E-state index in [1.807, 2.05) is 4.90 Å². The van der Waals surface area contributed by atoms with Crippen LogP contribution in [0.3, 0.4) is 0 Å². The maximum Gasteiger partial charge on any atom is 0.219 e. The van der Waals surface area contributed by atoms with Crippen molar-refractivity contribution >= 4 is 35.8 Å². The summed E-state index contributed by atoms with van der Waals surface area (Å²) in [6.07, 6.45) is 2.37. The number of piperazine rings is 1. The molecule has 3 rings (SSSR count). The smallest absolute Gasteiger partial charge is 0.219 e. The van der Waals surface area contributed by atoms with Crippen LogP contribution in [0, 0.1) is 5.92 Å². The molecular formula is C24H40IN5O. The molecule has 0 aliphatic carbocycles. The van der Waals surface area contributed by atoms with E-state index in [0.29, 0.717) is 11.8 Å². The van der Waals surface area contributed by atoms with Crippen LogP contribution in [0.2, 0.25) is 0 Å². The molecule has 174 valence electrons. The number of guanidine groups is 1. The van der Waals surface area contributed by atoms with Crippen molar-refractivity contribution in [2.75, 3.05) is 58.9 Å². The van der Waals surface area contributed by atoms with Crippen LogP contribution < -0.4 is 5.32 Å². The van der Waals surface area contributed by atoms with Crippen LogP contribution in [0.15, 0.2) is 35.3 Å². The number of nitrogens with one attached hydrogen (secondary N) is 1. The van der Waals surface area contributed by atoms with Gasteiger partial charge in [0.05, 0.1) is 6.54 Å². The predicted molar refractivity (Wildman–Crippen MR) is 139 cm³/mol. The molecule has 0 spiro atoms. The Hall–Kier alpha value is -1.35. The van der Waals surface area contributed by atoms with Crippen LogP contribution in [0.4, 0.5) is 0 Å². The molecule has 1 N–H and O–H groups in total. The molecule has 1 aromatic rings. The molecule has 0 bridgehead atoms. The van der Waals surface area contributed by atoms with Crippen molar-refractivity contribution in [2.45, 2.75) is 39.5 Å². The SMILES string of the molecule is CCNC(=NCCN1CCN(C(C)=O)CC1)N1CCC(c2ccccc2)C(CC)C1.I. The van der Waals surface area contributed by atoms with E-state index in [0.717, 1.165) is 64.9 Å². The molecule has 1 amide bonds. The Labute approximate surface area is 205 Å². The number of likely N-dealkylation sites (tertiary alicyclic amines) is 1. The third-order valence-electron chi connectivity index (χ3n) is 6.62. The molecule has 2 aliphatic rings. The first kappa shape index (κ1) is 25.9.